The molecule has 2 rings (SSSR count). The molecular formula is C14H14ClNO2. The summed E-state index contributed by atoms with van der Waals surface area (Å²) >= 11 is 6.11. The van der Waals surface area contributed by atoms with E-state index in [0.29, 0.717) is 17.0 Å². The molecule has 18 heavy (non-hydrogen) atoms. The van der Waals surface area contributed by atoms with Gasteiger partial charge in [-0.3, -0.25) is 9.59 Å². The van der Waals surface area contributed by atoms with Crippen LogP contribution in [0.3, 0.4) is 0 Å². The van der Waals surface area contributed by atoms with Crippen molar-refractivity contribution in [1.29, 1.82) is 0 Å². The van der Waals surface area contributed by atoms with Crippen LogP contribution in [-0.2, 0) is 4.79 Å². The molecule has 0 aliphatic heterocycles. The number of benzene rings is 1. The molecule has 0 radical (unpaired) electrons. The molecule has 0 atom stereocenters. The minimum atomic E-state index is -0.0186. The zero-order valence-electron chi connectivity index (χ0n) is 10.3. The summed E-state index contributed by atoms with van der Waals surface area (Å²) in [7, 11) is 0. The van der Waals surface area contributed by atoms with Crippen molar-refractivity contribution in [2.75, 3.05) is 5.32 Å². The summed E-state index contributed by atoms with van der Waals surface area (Å²) in [6, 6.07) is 5.13. The molecule has 3 nitrogen and oxygen atoms in total. The van der Waals surface area contributed by atoms with E-state index in [4.69, 9.17) is 11.6 Å². The first-order valence-corrected chi connectivity index (χ1v) is 6.17. The van der Waals surface area contributed by atoms with Crippen molar-refractivity contribution in [2.45, 2.75) is 26.7 Å². The number of carbonyl (C=O) groups is 2. The van der Waals surface area contributed by atoms with E-state index in [2.05, 4.69) is 5.32 Å². The molecule has 1 aliphatic carbocycles. The number of hydrogen-bond donors (Lipinski definition) is 1. The first kappa shape index (κ1) is 12.8. The Labute approximate surface area is 111 Å². The monoisotopic (exact) mass is 263 g/mol. The van der Waals surface area contributed by atoms with Gasteiger partial charge in [0.15, 0.2) is 11.6 Å². The third kappa shape index (κ3) is 2.46. The average Bonchev–Trinajstić information content (AvgIpc) is 2.63. The van der Waals surface area contributed by atoms with Crippen molar-refractivity contribution in [3.63, 3.8) is 0 Å². The molecule has 1 aromatic rings. The van der Waals surface area contributed by atoms with Crippen LogP contribution in [-0.4, -0.2) is 11.6 Å². The van der Waals surface area contributed by atoms with Gasteiger partial charge < -0.3 is 5.32 Å². The lowest BCUT2D eigenvalue weighted by molar-refractivity contribution is -0.114. The van der Waals surface area contributed by atoms with E-state index in [9.17, 15) is 9.59 Å². The molecule has 4 heteroatoms. The molecule has 1 aliphatic rings. The number of carbonyl (C=O) groups excluding carboxylic acids is 2. The second-order valence-corrected chi connectivity index (χ2v) is 4.81. The molecule has 0 amide bonds. The van der Waals surface area contributed by atoms with Crippen molar-refractivity contribution in [3.05, 3.63) is 40.1 Å². The lowest BCUT2D eigenvalue weighted by Crippen LogP contribution is -2.01. The van der Waals surface area contributed by atoms with Crippen molar-refractivity contribution in [1.82, 2.24) is 0 Å². The highest BCUT2D eigenvalue weighted by Gasteiger charge is 2.19. The van der Waals surface area contributed by atoms with Gasteiger partial charge in [-0.05, 0) is 38.5 Å². The van der Waals surface area contributed by atoms with Crippen LogP contribution in [0, 0.1) is 0 Å². The number of rotatable bonds is 3. The summed E-state index contributed by atoms with van der Waals surface area (Å²) in [6.45, 7) is 3.32. The van der Waals surface area contributed by atoms with Crippen molar-refractivity contribution in [2.24, 2.45) is 0 Å². The molecule has 0 fully saturated rings. The van der Waals surface area contributed by atoms with E-state index in [0.717, 1.165) is 23.4 Å². The standard InChI is InChI=1S/C14H14ClNO2/c1-8-12(5-6-14(8)18)16-13-4-3-10(9(2)17)7-11(13)15/h3-4,7,16H,5-6H2,1-2H3. The summed E-state index contributed by atoms with van der Waals surface area (Å²) < 4.78 is 0. The van der Waals surface area contributed by atoms with Gasteiger partial charge in [0.1, 0.15) is 0 Å². The number of halogens is 1. The first-order valence-electron chi connectivity index (χ1n) is 5.79. The van der Waals surface area contributed by atoms with Crippen LogP contribution >= 0.6 is 11.6 Å². The molecule has 0 bridgehead atoms. The zero-order chi connectivity index (χ0) is 13.3. The molecule has 94 valence electrons. The van der Waals surface area contributed by atoms with Gasteiger partial charge in [-0.25, -0.2) is 0 Å². The Bertz CT molecular complexity index is 561. The summed E-state index contributed by atoms with van der Waals surface area (Å²) in [4.78, 5) is 22.6. The number of nitrogens with one attached hydrogen (secondary N) is 1. The van der Waals surface area contributed by atoms with Crippen molar-refractivity contribution >= 4 is 28.9 Å². The maximum atomic E-state index is 11.4. The second kappa shape index (κ2) is 4.94. The zero-order valence-corrected chi connectivity index (χ0v) is 11.1. The Kier molecular flexibility index (Phi) is 3.53. The minimum Gasteiger partial charge on any atom is -0.357 e. The van der Waals surface area contributed by atoms with Crippen LogP contribution in [0.1, 0.15) is 37.0 Å². The van der Waals surface area contributed by atoms with E-state index in [1.165, 1.54) is 6.92 Å². The topological polar surface area (TPSA) is 46.2 Å². The maximum absolute atomic E-state index is 11.4. The third-order valence-electron chi connectivity index (χ3n) is 3.13. The van der Waals surface area contributed by atoms with Crippen molar-refractivity contribution < 1.29 is 9.59 Å². The maximum Gasteiger partial charge on any atom is 0.160 e. The van der Waals surface area contributed by atoms with Gasteiger partial charge >= 0.3 is 0 Å². The fourth-order valence-electron chi connectivity index (χ4n) is 1.94. The van der Waals surface area contributed by atoms with Gasteiger partial charge in [-0.1, -0.05) is 11.6 Å². The lowest BCUT2D eigenvalue weighted by atomic mass is 10.1. The highest BCUT2D eigenvalue weighted by Crippen LogP contribution is 2.29. The summed E-state index contributed by atoms with van der Waals surface area (Å²) in [5.41, 5.74) is 2.99. The minimum absolute atomic E-state index is 0.0186. The van der Waals surface area contributed by atoms with E-state index in [1.54, 1.807) is 18.2 Å². The highest BCUT2D eigenvalue weighted by molar-refractivity contribution is 6.33. The van der Waals surface area contributed by atoms with Crippen LogP contribution in [0.15, 0.2) is 29.5 Å². The fraction of sp³-hybridized carbons (Fsp3) is 0.286. The van der Waals surface area contributed by atoms with E-state index in [-0.39, 0.29) is 11.6 Å². The van der Waals surface area contributed by atoms with Crippen LogP contribution in [0.5, 0.6) is 0 Å². The first-order chi connectivity index (χ1) is 8.49. The lowest BCUT2D eigenvalue weighted by Gasteiger charge is -2.10. The Morgan fingerprint density at radius 1 is 1.33 bits per heavy atom. The molecule has 0 unspecified atom stereocenters. The van der Waals surface area contributed by atoms with Crippen LogP contribution in [0.2, 0.25) is 5.02 Å². The molecular weight excluding hydrogens is 250 g/mol. The summed E-state index contributed by atoms with van der Waals surface area (Å²) in [5, 5.41) is 3.66. The molecule has 0 aromatic heterocycles. The fourth-order valence-corrected chi connectivity index (χ4v) is 2.16. The normalized spacial score (nSPS) is 15.2. The van der Waals surface area contributed by atoms with Gasteiger partial charge in [-0.15, -0.1) is 0 Å². The van der Waals surface area contributed by atoms with Gasteiger partial charge in [0, 0.05) is 23.3 Å². The number of allylic oxidation sites excluding steroid dienone is 2. The largest absolute Gasteiger partial charge is 0.357 e. The van der Waals surface area contributed by atoms with Gasteiger partial charge in [0.05, 0.1) is 10.7 Å². The summed E-state index contributed by atoms with van der Waals surface area (Å²) in [6.07, 6.45) is 1.27. The van der Waals surface area contributed by atoms with E-state index < -0.39 is 0 Å². The van der Waals surface area contributed by atoms with Crippen LogP contribution in [0.4, 0.5) is 5.69 Å². The Morgan fingerprint density at radius 2 is 2.06 bits per heavy atom. The Morgan fingerprint density at radius 3 is 2.56 bits per heavy atom. The van der Waals surface area contributed by atoms with Crippen molar-refractivity contribution in [3.8, 4) is 0 Å². The van der Waals surface area contributed by atoms with Crippen LogP contribution < -0.4 is 5.32 Å². The van der Waals surface area contributed by atoms with E-state index in [1.807, 2.05) is 6.92 Å². The second-order valence-electron chi connectivity index (χ2n) is 4.40. The number of anilines is 1. The summed E-state index contributed by atoms with van der Waals surface area (Å²) in [5.74, 6) is 0.156. The smallest absolute Gasteiger partial charge is 0.160 e. The highest BCUT2D eigenvalue weighted by atomic mass is 35.5. The van der Waals surface area contributed by atoms with Gasteiger partial charge in [0.2, 0.25) is 0 Å². The van der Waals surface area contributed by atoms with Gasteiger partial charge in [0.25, 0.3) is 0 Å². The molecule has 0 saturated heterocycles. The molecule has 0 spiro atoms. The third-order valence-corrected chi connectivity index (χ3v) is 3.45. The average molecular weight is 264 g/mol. The Balaban J connectivity index is 2.26. The molecule has 0 heterocycles. The number of Topliss-reactive ketones (excluding diaryl/α,β-unsaturated/α-hetero) is 2. The Hall–Kier alpha value is -1.61. The van der Waals surface area contributed by atoms with E-state index >= 15 is 0 Å². The quantitative estimate of drug-likeness (QED) is 0.848. The predicted molar refractivity (Wildman–Crippen MR) is 72.0 cm³/mol. The molecule has 0 saturated carbocycles. The molecule has 1 aromatic carbocycles. The molecule has 1 N–H and O–H groups in total. The SMILES string of the molecule is CC(=O)c1ccc(NC2=C(C)C(=O)CC2)c(Cl)c1. The van der Waals surface area contributed by atoms with Crippen LogP contribution in [0.25, 0.3) is 0 Å². The predicted octanol–water partition coefficient (Wildman–Crippen LogP) is 3.59. The van der Waals surface area contributed by atoms with Gasteiger partial charge in [-0.2, -0.15) is 0 Å². The number of ketones is 2. The number of hydrogen-bond acceptors (Lipinski definition) is 3.